The largest absolute Gasteiger partial charge is 0.516 e. The van der Waals surface area contributed by atoms with Crippen LogP contribution in [-0.4, -0.2) is 45.0 Å². The molecule has 0 radical (unpaired) electrons. The summed E-state index contributed by atoms with van der Waals surface area (Å²) in [5.74, 6) is -0.00759. The van der Waals surface area contributed by atoms with Crippen molar-refractivity contribution in [2.75, 3.05) is 27.9 Å². The fourth-order valence-electron chi connectivity index (χ4n) is 6.63. The lowest BCUT2D eigenvalue weighted by Gasteiger charge is -2.36. The van der Waals surface area contributed by atoms with Gasteiger partial charge in [0.25, 0.3) is 0 Å². The number of carbonyl (C=O) groups excluding carboxylic acids is 2. The van der Waals surface area contributed by atoms with Gasteiger partial charge in [0.15, 0.2) is 0 Å². The van der Waals surface area contributed by atoms with Crippen molar-refractivity contribution in [1.29, 1.82) is 0 Å². The molecular formula is C49H54O7. The Kier molecular flexibility index (Phi) is 16.9. The van der Waals surface area contributed by atoms with E-state index >= 15 is 0 Å². The van der Waals surface area contributed by atoms with Crippen LogP contribution in [0.1, 0.15) is 86.7 Å². The molecule has 0 amide bonds. The lowest BCUT2D eigenvalue weighted by molar-refractivity contribution is 0.0590. The quantitative estimate of drug-likeness (QED) is 0.0753. The van der Waals surface area contributed by atoms with Gasteiger partial charge in [-0.25, -0.2) is 9.59 Å². The van der Waals surface area contributed by atoms with Gasteiger partial charge in [-0.15, -0.1) is 0 Å². The summed E-state index contributed by atoms with van der Waals surface area (Å²) in [6.07, 6.45) is 3.70. The minimum Gasteiger partial charge on any atom is -0.516 e. The van der Waals surface area contributed by atoms with Crippen LogP contribution in [0.5, 0.6) is 0 Å². The van der Waals surface area contributed by atoms with Crippen LogP contribution in [-0.2, 0) is 25.4 Å². The Morgan fingerprint density at radius 2 is 0.982 bits per heavy atom. The molecule has 56 heavy (non-hydrogen) atoms. The first-order valence-electron chi connectivity index (χ1n) is 18.2. The molecule has 4 aromatic carbocycles. The van der Waals surface area contributed by atoms with Gasteiger partial charge in [0.05, 0.1) is 45.3 Å². The number of carbonyl (C=O) groups is 2. The van der Waals surface area contributed by atoms with Gasteiger partial charge < -0.3 is 24.1 Å². The molecule has 7 nitrogen and oxygen atoms in total. The van der Waals surface area contributed by atoms with Crippen molar-refractivity contribution in [3.8, 4) is 0 Å². The maximum Gasteiger partial charge on any atom is 0.338 e. The average Bonchev–Trinajstić information content (AvgIpc) is 3.23. The topological polar surface area (TPSA) is 91.3 Å². The first-order chi connectivity index (χ1) is 26.9. The molecule has 4 aromatic rings. The molecule has 0 aliphatic rings. The second-order valence-electron chi connectivity index (χ2n) is 13.5. The number of benzene rings is 4. The third kappa shape index (κ3) is 11.6. The summed E-state index contributed by atoms with van der Waals surface area (Å²) in [4.78, 5) is 25.8. The SMILES string of the molecule is C=C(C)c1ccccc1C(=C)CCC(CCC(=C)c1ccccc1C(=C)OC)(COC(=C)c1ccccc1C(=O)OC)Cc1ccccc1C(=O)OC.C=CO. The summed E-state index contributed by atoms with van der Waals surface area (Å²) in [6.45, 7) is 26.7. The number of ether oxygens (including phenoxy) is 4. The van der Waals surface area contributed by atoms with Crippen molar-refractivity contribution < 1.29 is 33.6 Å². The molecule has 1 unspecified atom stereocenters. The van der Waals surface area contributed by atoms with Crippen LogP contribution in [0.3, 0.4) is 0 Å². The average molecular weight is 755 g/mol. The van der Waals surface area contributed by atoms with Crippen molar-refractivity contribution in [3.63, 3.8) is 0 Å². The number of methoxy groups -OCH3 is 3. The molecule has 0 heterocycles. The van der Waals surface area contributed by atoms with E-state index in [4.69, 9.17) is 24.1 Å². The molecule has 0 saturated carbocycles. The number of allylic oxidation sites excluding steroid dienone is 3. The van der Waals surface area contributed by atoms with Gasteiger partial charge in [-0.2, -0.15) is 0 Å². The van der Waals surface area contributed by atoms with E-state index in [0.29, 0.717) is 60.3 Å². The molecule has 0 aliphatic carbocycles. The van der Waals surface area contributed by atoms with E-state index < -0.39 is 17.4 Å². The zero-order valence-electron chi connectivity index (χ0n) is 33.2. The summed E-state index contributed by atoms with van der Waals surface area (Å²) >= 11 is 0. The molecule has 0 fully saturated rings. The molecule has 0 aromatic heterocycles. The summed E-state index contributed by atoms with van der Waals surface area (Å²) in [7, 11) is 4.34. The van der Waals surface area contributed by atoms with Crippen LogP contribution in [0.25, 0.3) is 28.2 Å². The third-order valence-corrected chi connectivity index (χ3v) is 9.71. The summed E-state index contributed by atoms with van der Waals surface area (Å²) < 4.78 is 22.4. The molecule has 1 atom stereocenters. The Hall–Kier alpha value is -6.34. The Bertz CT molecular complexity index is 1990. The van der Waals surface area contributed by atoms with Crippen molar-refractivity contribution >= 4 is 40.2 Å². The van der Waals surface area contributed by atoms with Crippen LogP contribution in [0, 0.1) is 5.41 Å². The van der Waals surface area contributed by atoms with E-state index in [-0.39, 0.29) is 6.61 Å². The van der Waals surface area contributed by atoms with Gasteiger partial charge in [-0.3, -0.25) is 0 Å². The van der Waals surface area contributed by atoms with Crippen molar-refractivity contribution in [1.82, 2.24) is 0 Å². The molecule has 292 valence electrons. The molecule has 7 heteroatoms. The number of hydrogen-bond acceptors (Lipinski definition) is 7. The number of rotatable bonds is 19. The molecule has 1 N–H and O–H groups in total. The Morgan fingerprint density at radius 1 is 0.589 bits per heavy atom. The molecule has 0 saturated heterocycles. The van der Waals surface area contributed by atoms with Crippen LogP contribution in [0.2, 0.25) is 0 Å². The molecule has 4 rings (SSSR count). The van der Waals surface area contributed by atoms with Crippen LogP contribution in [0.4, 0.5) is 0 Å². The minimum absolute atomic E-state index is 0.214. The van der Waals surface area contributed by atoms with Gasteiger partial charge >= 0.3 is 11.9 Å². The second kappa shape index (κ2) is 21.5. The molecule has 0 aliphatic heterocycles. The molecule has 0 spiro atoms. The highest BCUT2D eigenvalue weighted by molar-refractivity contribution is 5.94. The van der Waals surface area contributed by atoms with E-state index in [2.05, 4.69) is 51.6 Å². The van der Waals surface area contributed by atoms with E-state index in [0.717, 1.165) is 50.8 Å². The first kappa shape index (κ1) is 44.1. The second-order valence-corrected chi connectivity index (χ2v) is 13.5. The van der Waals surface area contributed by atoms with Gasteiger partial charge in [0, 0.05) is 16.5 Å². The maximum absolute atomic E-state index is 13.1. The standard InChI is InChI=1S/C47H50O6.C2H4O/c1-32(2)38-19-12-13-20-39(38)33(3)26-28-47(30-37-18-10-11-24-43(37)45(48)51-8,29-27-34(4)40-21-14-15-22-41(40)35(5)50-7)31-53-36(6)42-23-16-17-25-44(42)46(49)52-9;1-2-3/h10-25H,1,3-6,26-31H2,2,7-9H3;2-3H,1H2. The normalized spacial score (nSPS) is 11.4. The van der Waals surface area contributed by atoms with E-state index in [1.54, 1.807) is 31.4 Å². The fraction of sp³-hybridized carbons (Fsp3) is 0.224. The summed E-state index contributed by atoms with van der Waals surface area (Å²) in [5, 5.41) is 7.33. The van der Waals surface area contributed by atoms with Crippen LogP contribution >= 0.6 is 0 Å². The van der Waals surface area contributed by atoms with Gasteiger partial charge in [0.1, 0.15) is 11.5 Å². The van der Waals surface area contributed by atoms with Crippen LogP contribution in [0.15, 0.2) is 143 Å². The maximum atomic E-state index is 13.1. The molecular weight excluding hydrogens is 701 g/mol. The van der Waals surface area contributed by atoms with E-state index in [1.807, 2.05) is 67.6 Å². The molecule has 0 bridgehead atoms. The predicted molar refractivity (Wildman–Crippen MR) is 230 cm³/mol. The Balaban J connectivity index is 0.00000271. The number of esters is 2. The number of hydrogen-bond donors (Lipinski definition) is 1. The highest BCUT2D eigenvalue weighted by Gasteiger charge is 2.34. The lowest BCUT2D eigenvalue weighted by Crippen LogP contribution is -2.31. The number of aliphatic hydroxyl groups excluding tert-OH is 1. The highest BCUT2D eigenvalue weighted by atomic mass is 16.5. The fourth-order valence-corrected chi connectivity index (χ4v) is 6.63. The van der Waals surface area contributed by atoms with Gasteiger partial charge in [0.2, 0.25) is 0 Å². The predicted octanol–water partition coefficient (Wildman–Crippen LogP) is 11.8. The first-order valence-corrected chi connectivity index (χ1v) is 18.2. The van der Waals surface area contributed by atoms with Crippen molar-refractivity contribution in [2.45, 2.75) is 39.0 Å². The number of aliphatic hydroxyl groups is 1. The minimum atomic E-state index is -0.593. The van der Waals surface area contributed by atoms with Gasteiger partial charge in [-0.05, 0) is 84.6 Å². The summed E-state index contributed by atoms with van der Waals surface area (Å²) in [5.41, 5.74) is 8.35. The van der Waals surface area contributed by atoms with Crippen LogP contribution < -0.4 is 0 Å². The Labute approximate surface area is 332 Å². The smallest absolute Gasteiger partial charge is 0.338 e. The third-order valence-electron chi connectivity index (χ3n) is 9.71. The highest BCUT2D eigenvalue weighted by Crippen LogP contribution is 2.42. The zero-order valence-corrected chi connectivity index (χ0v) is 33.2. The Morgan fingerprint density at radius 3 is 1.46 bits per heavy atom. The summed E-state index contributed by atoms with van der Waals surface area (Å²) in [6, 6.07) is 30.6. The monoisotopic (exact) mass is 754 g/mol. The van der Waals surface area contributed by atoms with E-state index in [1.165, 1.54) is 14.2 Å². The van der Waals surface area contributed by atoms with E-state index in [9.17, 15) is 9.59 Å². The lowest BCUT2D eigenvalue weighted by atomic mass is 9.72. The zero-order chi connectivity index (χ0) is 41.3. The van der Waals surface area contributed by atoms with Gasteiger partial charge in [-0.1, -0.05) is 130 Å². The van der Waals surface area contributed by atoms with Crippen molar-refractivity contribution in [2.24, 2.45) is 5.41 Å². The van der Waals surface area contributed by atoms with Crippen molar-refractivity contribution in [3.05, 3.63) is 187 Å².